The van der Waals surface area contributed by atoms with Gasteiger partial charge >= 0.3 is 0 Å². The molecule has 1 N–H and O–H groups in total. The maximum Gasteiger partial charge on any atom is 0.125 e. The second-order valence-corrected chi connectivity index (χ2v) is 6.06. The van der Waals surface area contributed by atoms with Crippen molar-refractivity contribution in [1.82, 2.24) is 24.5 Å². The maximum absolute atomic E-state index is 10.6. The van der Waals surface area contributed by atoms with E-state index in [9.17, 15) is 5.11 Å². The largest absolute Gasteiger partial charge is 0.382 e. The Morgan fingerprint density at radius 3 is 2.57 bits per heavy atom. The summed E-state index contributed by atoms with van der Waals surface area (Å²) >= 11 is 6.19. The Kier molecular flexibility index (Phi) is 5.03. The molecule has 0 aliphatic rings. The summed E-state index contributed by atoms with van der Waals surface area (Å²) in [7, 11) is 3.99. The Morgan fingerprint density at radius 1 is 1.29 bits per heavy atom. The fourth-order valence-corrected chi connectivity index (χ4v) is 2.30. The first-order valence-corrected chi connectivity index (χ1v) is 7.36. The van der Waals surface area contributed by atoms with Crippen molar-refractivity contribution in [3.63, 3.8) is 0 Å². The van der Waals surface area contributed by atoms with Gasteiger partial charge in [-0.3, -0.25) is 9.36 Å². The second kappa shape index (κ2) is 6.60. The topological polar surface area (TPSA) is 59.1 Å². The number of hydrogen-bond acceptors (Lipinski definition) is 4. The highest BCUT2D eigenvalue weighted by molar-refractivity contribution is 6.31. The van der Waals surface area contributed by atoms with E-state index in [2.05, 4.69) is 15.1 Å². The minimum absolute atomic E-state index is 0.250. The third-order valence-corrected chi connectivity index (χ3v) is 3.61. The van der Waals surface area contributed by atoms with Crippen molar-refractivity contribution < 1.29 is 5.11 Å². The summed E-state index contributed by atoms with van der Waals surface area (Å²) in [6.45, 7) is 5.57. The molecule has 0 aliphatic carbocycles. The van der Waals surface area contributed by atoms with Crippen LogP contribution in [0.3, 0.4) is 0 Å². The lowest BCUT2D eigenvalue weighted by atomic mass is 10.1. The first-order chi connectivity index (χ1) is 9.90. The van der Waals surface area contributed by atoms with Gasteiger partial charge < -0.3 is 10.0 Å². The van der Waals surface area contributed by atoms with E-state index in [0.29, 0.717) is 17.3 Å². The van der Waals surface area contributed by atoms with Crippen LogP contribution in [-0.4, -0.2) is 50.2 Å². The molecule has 0 aliphatic heterocycles. The monoisotopic (exact) mass is 311 g/mol. The fraction of sp³-hybridized carbons (Fsp3) is 0.571. The Morgan fingerprint density at radius 2 is 2.00 bits per heavy atom. The van der Waals surface area contributed by atoms with Gasteiger partial charge in [0.1, 0.15) is 6.10 Å². The van der Waals surface area contributed by atoms with E-state index in [0.717, 1.165) is 12.1 Å². The molecule has 2 heterocycles. The van der Waals surface area contributed by atoms with Gasteiger partial charge in [0.2, 0.25) is 0 Å². The standard InChI is InChI=1S/C14H22ClN5O/c1-10(2)20-9-11(7-16-20)14(21)13-12(15)8-17-19(13)6-5-18(3)4/h7-10,14,21H,5-6H2,1-4H3. The van der Waals surface area contributed by atoms with Crippen LogP contribution < -0.4 is 0 Å². The van der Waals surface area contributed by atoms with Crippen LogP contribution in [0, 0.1) is 0 Å². The van der Waals surface area contributed by atoms with Crippen LogP contribution in [0.1, 0.15) is 37.3 Å². The minimum atomic E-state index is -0.824. The number of halogens is 1. The van der Waals surface area contributed by atoms with Crippen LogP contribution in [0.25, 0.3) is 0 Å². The lowest BCUT2D eigenvalue weighted by Crippen LogP contribution is -2.21. The maximum atomic E-state index is 10.6. The molecule has 2 aromatic rings. The molecule has 0 saturated carbocycles. The Labute approximate surface area is 129 Å². The van der Waals surface area contributed by atoms with Crippen LogP contribution in [-0.2, 0) is 6.54 Å². The molecule has 1 unspecified atom stereocenters. The smallest absolute Gasteiger partial charge is 0.125 e. The van der Waals surface area contributed by atoms with Gasteiger partial charge in [-0.15, -0.1) is 0 Å². The number of likely N-dealkylation sites (N-methyl/N-ethyl adjacent to an activating group) is 1. The number of nitrogens with zero attached hydrogens (tertiary/aromatic N) is 5. The first kappa shape index (κ1) is 16.0. The molecule has 21 heavy (non-hydrogen) atoms. The molecule has 0 amide bonds. The van der Waals surface area contributed by atoms with E-state index >= 15 is 0 Å². The predicted octanol–water partition coefficient (Wildman–Crippen LogP) is 1.96. The van der Waals surface area contributed by atoms with Crippen LogP contribution in [0.4, 0.5) is 0 Å². The summed E-state index contributed by atoms with van der Waals surface area (Å²) in [6, 6.07) is 0.250. The number of aliphatic hydroxyl groups is 1. The molecular weight excluding hydrogens is 290 g/mol. The average molecular weight is 312 g/mol. The highest BCUT2D eigenvalue weighted by Gasteiger charge is 2.21. The summed E-state index contributed by atoms with van der Waals surface area (Å²) in [5, 5.41) is 19.6. The third kappa shape index (κ3) is 3.64. The number of aliphatic hydroxyl groups excluding tert-OH is 1. The molecule has 7 heteroatoms. The van der Waals surface area contributed by atoms with E-state index in [4.69, 9.17) is 11.6 Å². The molecule has 2 rings (SSSR count). The molecule has 0 saturated heterocycles. The van der Waals surface area contributed by atoms with Gasteiger partial charge in [0.25, 0.3) is 0 Å². The molecule has 6 nitrogen and oxygen atoms in total. The molecule has 2 aromatic heterocycles. The summed E-state index contributed by atoms with van der Waals surface area (Å²) in [6.07, 6.45) is 4.26. The first-order valence-electron chi connectivity index (χ1n) is 6.98. The molecule has 0 spiro atoms. The molecule has 1 atom stereocenters. The van der Waals surface area contributed by atoms with Gasteiger partial charge in [0.05, 0.1) is 29.7 Å². The van der Waals surface area contributed by atoms with Crippen molar-refractivity contribution in [2.45, 2.75) is 32.5 Å². The predicted molar refractivity (Wildman–Crippen MR) is 82.5 cm³/mol. The van der Waals surface area contributed by atoms with E-state index in [1.54, 1.807) is 17.1 Å². The van der Waals surface area contributed by atoms with E-state index in [1.807, 2.05) is 38.8 Å². The zero-order valence-corrected chi connectivity index (χ0v) is 13.6. The lowest BCUT2D eigenvalue weighted by Gasteiger charge is -2.15. The van der Waals surface area contributed by atoms with Crippen molar-refractivity contribution in [3.8, 4) is 0 Å². The van der Waals surface area contributed by atoms with E-state index < -0.39 is 6.10 Å². The highest BCUT2D eigenvalue weighted by atomic mass is 35.5. The molecule has 0 aromatic carbocycles. The zero-order valence-electron chi connectivity index (χ0n) is 12.9. The zero-order chi connectivity index (χ0) is 15.6. The van der Waals surface area contributed by atoms with E-state index in [1.165, 1.54) is 0 Å². The van der Waals surface area contributed by atoms with Gasteiger partial charge in [0, 0.05) is 24.3 Å². The van der Waals surface area contributed by atoms with Crippen molar-refractivity contribution in [2.24, 2.45) is 0 Å². The second-order valence-electron chi connectivity index (χ2n) is 5.65. The summed E-state index contributed by atoms with van der Waals surface area (Å²) in [5.41, 5.74) is 1.33. The van der Waals surface area contributed by atoms with E-state index in [-0.39, 0.29) is 6.04 Å². The lowest BCUT2D eigenvalue weighted by molar-refractivity contribution is 0.205. The van der Waals surface area contributed by atoms with Crippen molar-refractivity contribution in [3.05, 3.63) is 34.9 Å². The molecule has 116 valence electrons. The van der Waals surface area contributed by atoms with Gasteiger partial charge in [-0.05, 0) is 27.9 Å². The van der Waals surface area contributed by atoms with Gasteiger partial charge in [0.15, 0.2) is 0 Å². The van der Waals surface area contributed by atoms with Crippen molar-refractivity contribution >= 4 is 11.6 Å². The average Bonchev–Trinajstić information content (AvgIpc) is 3.02. The van der Waals surface area contributed by atoms with Gasteiger partial charge in [-0.1, -0.05) is 11.6 Å². The summed E-state index contributed by atoms with van der Waals surface area (Å²) in [4.78, 5) is 2.06. The molecular formula is C14H22ClN5O. The van der Waals surface area contributed by atoms with Crippen molar-refractivity contribution in [1.29, 1.82) is 0 Å². The number of aromatic nitrogens is 4. The fourth-order valence-electron chi connectivity index (χ4n) is 2.05. The Hall–Kier alpha value is -1.37. The Balaban J connectivity index is 2.25. The minimum Gasteiger partial charge on any atom is -0.382 e. The van der Waals surface area contributed by atoms with Gasteiger partial charge in [-0.25, -0.2) is 0 Å². The van der Waals surface area contributed by atoms with Crippen LogP contribution in [0.2, 0.25) is 5.02 Å². The van der Waals surface area contributed by atoms with Crippen molar-refractivity contribution in [2.75, 3.05) is 20.6 Å². The summed E-state index contributed by atoms with van der Waals surface area (Å²) < 4.78 is 3.56. The SMILES string of the molecule is CC(C)n1cc(C(O)c2c(Cl)cnn2CCN(C)C)cn1. The van der Waals surface area contributed by atoms with Gasteiger partial charge in [-0.2, -0.15) is 10.2 Å². The van der Waals surface area contributed by atoms with Crippen LogP contribution in [0.5, 0.6) is 0 Å². The number of hydrogen-bond donors (Lipinski definition) is 1. The highest BCUT2D eigenvalue weighted by Crippen LogP contribution is 2.28. The van der Waals surface area contributed by atoms with Crippen LogP contribution in [0.15, 0.2) is 18.6 Å². The Bertz CT molecular complexity index is 590. The summed E-state index contributed by atoms with van der Waals surface area (Å²) in [5.74, 6) is 0. The normalized spacial score (nSPS) is 13.3. The molecule has 0 radical (unpaired) electrons. The quantitative estimate of drug-likeness (QED) is 0.886. The molecule has 0 bridgehead atoms. The number of rotatable bonds is 6. The molecule has 0 fully saturated rings. The third-order valence-electron chi connectivity index (χ3n) is 3.32. The van der Waals surface area contributed by atoms with Crippen LogP contribution >= 0.6 is 11.6 Å².